The van der Waals surface area contributed by atoms with Gasteiger partial charge in [-0.2, -0.15) is 0 Å². The van der Waals surface area contributed by atoms with Crippen LogP contribution in [0.4, 0.5) is 5.95 Å². The van der Waals surface area contributed by atoms with Crippen molar-refractivity contribution in [1.29, 1.82) is 0 Å². The van der Waals surface area contributed by atoms with E-state index in [-0.39, 0.29) is 6.04 Å². The summed E-state index contributed by atoms with van der Waals surface area (Å²) in [6.45, 7) is 2.77. The number of nitrogens with zero attached hydrogens (tertiary/aromatic N) is 2. The Balaban J connectivity index is 2.46. The molecule has 0 amide bonds. The molecule has 1 aromatic rings. The number of hydrogen-bond acceptors (Lipinski definition) is 4. The Morgan fingerprint density at radius 3 is 2.69 bits per heavy atom. The Morgan fingerprint density at radius 1 is 1.46 bits per heavy atom. The molecule has 13 heavy (non-hydrogen) atoms. The van der Waals surface area contributed by atoms with Crippen LogP contribution in [0.2, 0.25) is 0 Å². The first-order valence-corrected chi connectivity index (χ1v) is 4.39. The van der Waals surface area contributed by atoms with Crippen molar-refractivity contribution in [2.24, 2.45) is 0 Å². The monoisotopic (exact) mass is 181 g/mol. The zero-order chi connectivity index (χ0) is 9.52. The molecule has 0 spiro atoms. The van der Waals surface area contributed by atoms with Crippen LogP contribution in [0.25, 0.3) is 0 Å². The van der Waals surface area contributed by atoms with Gasteiger partial charge in [-0.05, 0) is 12.5 Å². The van der Waals surface area contributed by atoms with Crippen LogP contribution in [-0.2, 0) is 4.74 Å². The van der Waals surface area contributed by atoms with Gasteiger partial charge in [0, 0.05) is 19.5 Å². The van der Waals surface area contributed by atoms with Crippen LogP contribution in [0.1, 0.15) is 13.3 Å². The number of nitrogens with one attached hydrogen (secondary N) is 1. The van der Waals surface area contributed by atoms with Gasteiger partial charge in [-0.25, -0.2) is 9.97 Å². The third-order valence-electron chi connectivity index (χ3n) is 1.76. The molecule has 0 saturated heterocycles. The van der Waals surface area contributed by atoms with Gasteiger partial charge in [0.2, 0.25) is 5.95 Å². The van der Waals surface area contributed by atoms with Crippen molar-refractivity contribution in [3.8, 4) is 0 Å². The van der Waals surface area contributed by atoms with E-state index in [1.165, 1.54) is 0 Å². The van der Waals surface area contributed by atoms with Gasteiger partial charge in [-0.15, -0.1) is 0 Å². The van der Waals surface area contributed by atoms with Gasteiger partial charge in [-0.1, -0.05) is 6.92 Å². The molecule has 0 bridgehead atoms. The molecule has 4 nitrogen and oxygen atoms in total. The van der Waals surface area contributed by atoms with Crippen molar-refractivity contribution in [2.45, 2.75) is 19.4 Å². The molecule has 1 rings (SSSR count). The van der Waals surface area contributed by atoms with Crippen LogP contribution in [0.5, 0.6) is 0 Å². The molecule has 1 heterocycles. The zero-order valence-electron chi connectivity index (χ0n) is 8.03. The second-order valence-corrected chi connectivity index (χ2v) is 2.78. The Bertz CT molecular complexity index is 228. The van der Waals surface area contributed by atoms with E-state index in [2.05, 4.69) is 22.2 Å². The van der Waals surface area contributed by atoms with Crippen LogP contribution in [-0.4, -0.2) is 29.7 Å². The number of anilines is 1. The Morgan fingerprint density at radius 2 is 2.15 bits per heavy atom. The number of rotatable bonds is 5. The molecule has 0 aromatic carbocycles. The predicted octanol–water partition coefficient (Wildman–Crippen LogP) is 1.31. The molecule has 4 heteroatoms. The summed E-state index contributed by atoms with van der Waals surface area (Å²) < 4.78 is 5.05. The van der Waals surface area contributed by atoms with Gasteiger partial charge < -0.3 is 10.1 Å². The first-order chi connectivity index (χ1) is 6.36. The van der Waals surface area contributed by atoms with Gasteiger partial charge in [0.05, 0.1) is 12.6 Å². The van der Waals surface area contributed by atoms with Crippen molar-refractivity contribution in [1.82, 2.24) is 9.97 Å². The van der Waals surface area contributed by atoms with Gasteiger partial charge in [0.25, 0.3) is 0 Å². The third-order valence-corrected chi connectivity index (χ3v) is 1.76. The molecule has 0 aliphatic rings. The second kappa shape index (κ2) is 5.48. The van der Waals surface area contributed by atoms with Gasteiger partial charge in [0.15, 0.2) is 0 Å². The lowest BCUT2D eigenvalue weighted by atomic mass is 10.2. The number of hydrogen-bond donors (Lipinski definition) is 1. The molecule has 1 aromatic heterocycles. The summed E-state index contributed by atoms with van der Waals surface area (Å²) in [5.74, 6) is 0.659. The molecule has 0 fully saturated rings. The molecule has 0 aliphatic heterocycles. The lowest BCUT2D eigenvalue weighted by Crippen LogP contribution is -2.24. The predicted molar refractivity (Wildman–Crippen MR) is 51.6 cm³/mol. The van der Waals surface area contributed by atoms with Crippen molar-refractivity contribution in [2.75, 3.05) is 19.0 Å². The average Bonchev–Trinajstić information content (AvgIpc) is 2.19. The van der Waals surface area contributed by atoms with E-state index in [1.807, 2.05) is 0 Å². The largest absolute Gasteiger partial charge is 0.383 e. The number of methoxy groups -OCH3 is 1. The van der Waals surface area contributed by atoms with Crippen molar-refractivity contribution in [3.05, 3.63) is 18.5 Å². The topological polar surface area (TPSA) is 47.0 Å². The van der Waals surface area contributed by atoms with Crippen LogP contribution >= 0.6 is 0 Å². The summed E-state index contributed by atoms with van der Waals surface area (Å²) in [4.78, 5) is 8.14. The molecule has 1 unspecified atom stereocenters. The molecular weight excluding hydrogens is 166 g/mol. The van der Waals surface area contributed by atoms with Crippen molar-refractivity contribution in [3.63, 3.8) is 0 Å². The maximum atomic E-state index is 5.05. The average molecular weight is 181 g/mol. The number of ether oxygens (including phenoxy) is 1. The summed E-state index contributed by atoms with van der Waals surface area (Å²) in [7, 11) is 1.69. The molecule has 0 saturated carbocycles. The quantitative estimate of drug-likeness (QED) is 0.744. The molecule has 0 radical (unpaired) electrons. The lowest BCUT2D eigenvalue weighted by Gasteiger charge is -2.14. The van der Waals surface area contributed by atoms with Gasteiger partial charge in [-0.3, -0.25) is 0 Å². The zero-order valence-corrected chi connectivity index (χ0v) is 8.03. The normalized spacial score (nSPS) is 12.5. The third kappa shape index (κ3) is 3.38. The highest BCUT2D eigenvalue weighted by atomic mass is 16.5. The van der Waals surface area contributed by atoms with E-state index in [1.54, 1.807) is 25.6 Å². The van der Waals surface area contributed by atoms with E-state index in [9.17, 15) is 0 Å². The van der Waals surface area contributed by atoms with Crippen molar-refractivity contribution >= 4 is 5.95 Å². The second-order valence-electron chi connectivity index (χ2n) is 2.78. The highest BCUT2D eigenvalue weighted by molar-refractivity contribution is 5.23. The van der Waals surface area contributed by atoms with Gasteiger partial charge >= 0.3 is 0 Å². The van der Waals surface area contributed by atoms with E-state index in [0.717, 1.165) is 6.42 Å². The smallest absolute Gasteiger partial charge is 0.222 e. The number of aromatic nitrogens is 2. The minimum absolute atomic E-state index is 0.285. The maximum absolute atomic E-state index is 5.05. The molecular formula is C9H15N3O. The first-order valence-electron chi connectivity index (χ1n) is 4.39. The fourth-order valence-electron chi connectivity index (χ4n) is 1.02. The highest BCUT2D eigenvalue weighted by Gasteiger charge is 2.05. The Hall–Kier alpha value is -1.16. The minimum Gasteiger partial charge on any atom is -0.383 e. The fraction of sp³-hybridized carbons (Fsp3) is 0.556. The molecule has 0 aliphatic carbocycles. The molecule has 1 atom stereocenters. The standard InChI is InChI=1S/C9H15N3O/c1-3-8(7-13-2)12-9-10-5-4-6-11-9/h4-6,8H,3,7H2,1-2H3,(H,10,11,12). The summed E-state index contributed by atoms with van der Waals surface area (Å²) in [6.07, 6.45) is 4.43. The fourth-order valence-corrected chi connectivity index (χ4v) is 1.02. The van der Waals surface area contributed by atoms with E-state index >= 15 is 0 Å². The Labute approximate surface area is 78.4 Å². The van der Waals surface area contributed by atoms with E-state index in [0.29, 0.717) is 12.6 Å². The van der Waals surface area contributed by atoms with Gasteiger partial charge in [0.1, 0.15) is 0 Å². The van der Waals surface area contributed by atoms with Crippen LogP contribution in [0, 0.1) is 0 Å². The van der Waals surface area contributed by atoms with Crippen LogP contribution in [0.3, 0.4) is 0 Å². The van der Waals surface area contributed by atoms with Crippen LogP contribution in [0.15, 0.2) is 18.5 Å². The molecule has 1 N–H and O–H groups in total. The van der Waals surface area contributed by atoms with Crippen molar-refractivity contribution < 1.29 is 4.74 Å². The maximum Gasteiger partial charge on any atom is 0.222 e. The summed E-state index contributed by atoms with van der Waals surface area (Å²) in [5.41, 5.74) is 0. The van der Waals surface area contributed by atoms with E-state index in [4.69, 9.17) is 4.74 Å². The molecule has 72 valence electrons. The van der Waals surface area contributed by atoms with E-state index < -0.39 is 0 Å². The van der Waals surface area contributed by atoms with Crippen LogP contribution < -0.4 is 5.32 Å². The first kappa shape index (κ1) is 9.92. The summed E-state index contributed by atoms with van der Waals surface area (Å²) >= 11 is 0. The summed E-state index contributed by atoms with van der Waals surface area (Å²) in [5, 5.41) is 3.18. The minimum atomic E-state index is 0.285. The Kier molecular flexibility index (Phi) is 4.18. The highest BCUT2D eigenvalue weighted by Crippen LogP contribution is 2.01. The SMILES string of the molecule is CCC(COC)Nc1ncccn1. The lowest BCUT2D eigenvalue weighted by molar-refractivity contribution is 0.184. The summed E-state index contributed by atoms with van der Waals surface area (Å²) in [6, 6.07) is 2.08.